The van der Waals surface area contributed by atoms with Crippen LogP contribution in [-0.4, -0.2) is 16.1 Å². The highest BCUT2D eigenvalue weighted by Crippen LogP contribution is 2.41. The maximum atomic E-state index is 6.25. The van der Waals surface area contributed by atoms with Gasteiger partial charge in [-0.1, -0.05) is 43.5 Å². The van der Waals surface area contributed by atoms with Gasteiger partial charge in [-0.3, -0.25) is 0 Å². The fraction of sp³-hybridized carbons (Fsp3) is 0.500. The lowest BCUT2D eigenvalue weighted by molar-refractivity contribution is 0.127. The molecule has 0 radical (unpaired) electrons. The molecule has 0 aliphatic heterocycles. The van der Waals surface area contributed by atoms with Crippen molar-refractivity contribution in [3.05, 3.63) is 42.4 Å². The second-order valence-electron chi connectivity index (χ2n) is 6.47. The van der Waals surface area contributed by atoms with Crippen molar-refractivity contribution in [2.24, 2.45) is 11.7 Å². The Morgan fingerprint density at radius 1 is 1.38 bits per heavy atom. The maximum absolute atomic E-state index is 6.25. The van der Waals surface area contributed by atoms with Gasteiger partial charge in [-0.15, -0.1) is 0 Å². The van der Waals surface area contributed by atoms with Crippen LogP contribution in [-0.2, 0) is 5.54 Å². The van der Waals surface area contributed by atoms with Gasteiger partial charge in [0.2, 0.25) is 0 Å². The first-order valence-electron chi connectivity index (χ1n) is 7.97. The molecular weight excluding hydrogens is 258 g/mol. The van der Waals surface area contributed by atoms with Crippen molar-refractivity contribution in [1.29, 1.82) is 0 Å². The Morgan fingerprint density at radius 2 is 2.24 bits per heavy atom. The summed E-state index contributed by atoms with van der Waals surface area (Å²) >= 11 is 0. The van der Waals surface area contributed by atoms with Gasteiger partial charge in [0, 0.05) is 12.1 Å². The van der Waals surface area contributed by atoms with Gasteiger partial charge in [0.25, 0.3) is 0 Å². The Balaban J connectivity index is 2.09. The zero-order valence-electron chi connectivity index (χ0n) is 13.0. The van der Waals surface area contributed by atoms with Crippen molar-refractivity contribution < 1.29 is 0 Å². The third kappa shape index (κ3) is 2.40. The SMILES string of the molecule is Cc1cccc(-c2cncn2C2(CN)CCCCC2C)c1. The molecule has 0 bridgehead atoms. The van der Waals surface area contributed by atoms with Crippen LogP contribution in [0.1, 0.15) is 38.2 Å². The van der Waals surface area contributed by atoms with E-state index in [1.54, 1.807) is 0 Å². The van der Waals surface area contributed by atoms with Crippen LogP contribution in [0.25, 0.3) is 11.3 Å². The summed E-state index contributed by atoms with van der Waals surface area (Å²) in [6.45, 7) is 5.15. The lowest BCUT2D eigenvalue weighted by Gasteiger charge is -2.44. The molecule has 1 aliphatic carbocycles. The van der Waals surface area contributed by atoms with Crippen LogP contribution >= 0.6 is 0 Å². The number of aryl methyl sites for hydroxylation is 1. The zero-order chi connectivity index (χ0) is 14.9. The number of rotatable bonds is 3. The minimum Gasteiger partial charge on any atom is -0.328 e. The molecule has 3 heteroatoms. The van der Waals surface area contributed by atoms with E-state index < -0.39 is 0 Å². The minimum absolute atomic E-state index is 0.0217. The van der Waals surface area contributed by atoms with Crippen LogP contribution < -0.4 is 5.73 Å². The summed E-state index contributed by atoms with van der Waals surface area (Å²) < 4.78 is 2.35. The Labute approximate surface area is 127 Å². The molecule has 1 heterocycles. The van der Waals surface area contributed by atoms with E-state index in [1.807, 2.05) is 12.5 Å². The van der Waals surface area contributed by atoms with Crippen molar-refractivity contribution in [1.82, 2.24) is 9.55 Å². The van der Waals surface area contributed by atoms with E-state index >= 15 is 0 Å². The first-order valence-corrected chi connectivity index (χ1v) is 7.97. The number of imidazole rings is 1. The quantitative estimate of drug-likeness (QED) is 0.933. The summed E-state index contributed by atoms with van der Waals surface area (Å²) in [6.07, 6.45) is 8.94. The number of aromatic nitrogens is 2. The number of hydrogen-bond acceptors (Lipinski definition) is 2. The van der Waals surface area contributed by atoms with Gasteiger partial charge in [-0.05, 0) is 31.7 Å². The predicted molar refractivity (Wildman–Crippen MR) is 87.1 cm³/mol. The number of nitrogens with two attached hydrogens (primary N) is 1. The molecule has 0 saturated heterocycles. The van der Waals surface area contributed by atoms with Crippen molar-refractivity contribution in [3.63, 3.8) is 0 Å². The molecule has 3 nitrogen and oxygen atoms in total. The van der Waals surface area contributed by atoms with E-state index in [1.165, 1.54) is 36.1 Å². The molecule has 1 fully saturated rings. The smallest absolute Gasteiger partial charge is 0.0956 e. The Morgan fingerprint density at radius 3 is 2.95 bits per heavy atom. The highest BCUT2D eigenvalue weighted by Gasteiger charge is 2.39. The van der Waals surface area contributed by atoms with Crippen LogP contribution in [0.2, 0.25) is 0 Å². The average Bonchev–Trinajstić information content (AvgIpc) is 2.98. The zero-order valence-corrected chi connectivity index (χ0v) is 13.0. The molecule has 2 atom stereocenters. The normalized spacial score (nSPS) is 26.0. The van der Waals surface area contributed by atoms with E-state index in [-0.39, 0.29) is 5.54 Å². The molecule has 1 aliphatic rings. The lowest BCUT2D eigenvalue weighted by Crippen LogP contribution is -2.48. The minimum atomic E-state index is 0.0217. The average molecular weight is 283 g/mol. The highest BCUT2D eigenvalue weighted by atomic mass is 15.1. The fourth-order valence-electron chi connectivity index (χ4n) is 3.82. The van der Waals surface area contributed by atoms with Crippen molar-refractivity contribution in [3.8, 4) is 11.3 Å². The molecule has 0 amide bonds. The molecule has 21 heavy (non-hydrogen) atoms. The molecule has 1 aromatic heterocycles. The molecule has 2 aromatic rings. The number of benzene rings is 1. The van der Waals surface area contributed by atoms with Gasteiger partial charge in [0.1, 0.15) is 0 Å². The van der Waals surface area contributed by atoms with E-state index in [9.17, 15) is 0 Å². The third-order valence-electron chi connectivity index (χ3n) is 5.20. The Bertz CT molecular complexity index is 616. The molecule has 2 unspecified atom stereocenters. The van der Waals surface area contributed by atoms with E-state index in [0.29, 0.717) is 12.5 Å². The van der Waals surface area contributed by atoms with Crippen LogP contribution in [0.3, 0.4) is 0 Å². The van der Waals surface area contributed by atoms with Crippen molar-refractivity contribution in [2.75, 3.05) is 6.54 Å². The topological polar surface area (TPSA) is 43.8 Å². The predicted octanol–water partition coefficient (Wildman–Crippen LogP) is 3.72. The maximum Gasteiger partial charge on any atom is 0.0956 e. The van der Waals surface area contributed by atoms with E-state index in [2.05, 4.69) is 47.7 Å². The first kappa shape index (κ1) is 14.3. The van der Waals surface area contributed by atoms with Gasteiger partial charge in [-0.25, -0.2) is 4.98 Å². The number of nitrogens with zero attached hydrogens (tertiary/aromatic N) is 2. The number of hydrogen-bond donors (Lipinski definition) is 1. The summed E-state index contributed by atoms with van der Waals surface area (Å²) in [5.74, 6) is 0.592. The standard InChI is InChI=1S/C18H25N3/c1-14-6-5-8-16(10-14)17-11-20-13-21(17)18(12-19)9-4-3-7-15(18)2/h5-6,8,10-11,13,15H,3-4,7,9,12,19H2,1-2H3. The summed E-state index contributed by atoms with van der Waals surface area (Å²) in [6, 6.07) is 8.64. The summed E-state index contributed by atoms with van der Waals surface area (Å²) in [5.41, 5.74) is 9.97. The Kier molecular flexibility index (Phi) is 3.85. The van der Waals surface area contributed by atoms with Crippen molar-refractivity contribution >= 4 is 0 Å². The summed E-state index contributed by atoms with van der Waals surface area (Å²) in [7, 11) is 0. The molecule has 112 valence electrons. The van der Waals surface area contributed by atoms with Gasteiger partial charge in [-0.2, -0.15) is 0 Å². The summed E-state index contributed by atoms with van der Waals surface area (Å²) in [5, 5.41) is 0. The van der Waals surface area contributed by atoms with Gasteiger partial charge < -0.3 is 10.3 Å². The van der Waals surface area contributed by atoms with Crippen LogP contribution in [0, 0.1) is 12.8 Å². The largest absolute Gasteiger partial charge is 0.328 e. The van der Waals surface area contributed by atoms with E-state index in [0.717, 1.165) is 6.42 Å². The first-order chi connectivity index (χ1) is 10.2. The molecule has 3 rings (SSSR count). The second-order valence-corrected chi connectivity index (χ2v) is 6.47. The monoisotopic (exact) mass is 283 g/mol. The highest BCUT2D eigenvalue weighted by molar-refractivity contribution is 5.60. The van der Waals surface area contributed by atoms with Crippen LogP contribution in [0.5, 0.6) is 0 Å². The third-order valence-corrected chi connectivity index (χ3v) is 5.20. The molecule has 1 aromatic carbocycles. The van der Waals surface area contributed by atoms with Crippen LogP contribution in [0.4, 0.5) is 0 Å². The molecule has 1 saturated carbocycles. The van der Waals surface area contributed by atoms with Gasteiger partial charge in [0.15, 0.2) is 0 Å². The summed E-state index contributed by atoms with van der Waals surface area (Å²) in [4.78, 5) is 4.44. The lowest BCUT2D eigenvalue weighted by atomic mass is 9.73. The Hall–Kier alpha value is -1.61. The molecular formula is C18H25N3. The van der Waals surface area contributed by atoms with Crippen molar-refractivity contribution in [2.45, 2.75) is 45.1 Å². The second kappa shape index (κ2) is 5.64. The molecule has 2 N–H and O–H groups in total. The van der Waals surface area contributed by atoms with E-state index in [4.69, 9.17) is 5.73 Å². The van der Waals surface area contributed by atoms with Crippen LogP contribution in [0.15, 0.2) is 36.8 Å². The van der Waals surface area contributed by atoms with Gasteiger partial charge in [0.05, 0.1) is 23.8 Å². The molecule has 0 spiro atoms. The fourth-order valence-corrected chi connectivity index (χ4v) is 3.82. The van der Waals surface area contributed by atoms with Gasteiger partial charge >= 0.3 is 0 Å².